The zero-order valence-corrected chi connectivity index (χ0v) is 8.51. The number of rotatable bonds is 6. The highest BCUT2D eigenvalue weighted by molar-refractivity contribution is 5.72. The Labute approximate surface area is 87.3 Å². The maximum Gasteiger partial charge on any atom is 0.509 e. The first-order valence-corrected chi connectivity index (χ1v) is 4.46. The molecule has 0 aliphatic heterocycles. The number of methoxy groups -OCH3 is 1. The van der Waals surface area contributed by atoms with Crippen LogP contribution in [-0.2, 0) is 14.3 Å². The van der Waals surface area contributed by atoms with E-state index in [1.54, 1.807) is 0 Å². The molecule has 0 fully saturated rings. The first kappa shape index (κ1) is 13.7. The van der Waals surface area contributed by atoms with Crippen molar-refractivity contribution in [3.8, 4) is 0 Å². The third kappa shape index (κ3) is 6.69. The molecule has 0 radical (unpaired) electrons. The summed E-state index contributed by atoms with van der Waals surface area (Å²) in [5.41, 5.74) is 10.7. The second-order valence-electron chi connectivity index (χ2n) is 2.99. The van der Waals surface area contributed by atoms with E-state index >= 15 is 0 Å². The first-order chi connectivity index (χ1) is 6.97. The fourth-order valence-electron chi connectivity index (χ4n) is 0.893. The second kappa shape index (κ2) is 7.02. The Morgan fingerprint density at radius 2 is 1.93 bits per heavy atom. The molecule has 0 amide bonds. The van der Waals surface area contributed by atoms with Crippen LogP contribution in [0.4, 0.5) is 4.79 Å². The van der Waals surface area contributed by atoms with Gasteiger partial charge in [0.15, 0.2) is 6.23 Å². The maximum absolute atomic E-state index is 10.6. The number of carboxylic acid groups (broad SMARTS) is 1. The largest absolute Gasteiger partial charge is 0.509 e. The fourth-order valence-corrected chi connectivity index (χ4v) is 0.893. The average Bonchev–Trinajstić information content (AvgIpc) is 2.17. The van der Waals surface area contributed by atoms with Crippen LogP contribution in [0.1, 0.15) is 19.3 Å². The normalized spacial score (nSPS) is 14.1. The first-order valence-electron chi connectivity index (χ1n) is 4.46. The third-order valence-corrected chi connectivity index (χ3v) is 1.74. The smallest absolute Gasteiger partial charge is 0.480 e. The molecule has 88 valence electrons. The molecular weight excluding hydrogens is 204 g/mol. The molecule has 0 aliphatic carbocycles. The van der Waals surface area contributed by atoms with Gasteiger partial charge in [-0.05, 0) is 19.3 Å². The number of carbonyl (C=O) groups excluding carboxylic acids is 1. The van der Waals surface area contributed by atoms with Crippen molar-refractivity contribution < 1.29 is 24.2 Å². The lowest BCUT2D eigenvalue weighted by Crippen LogP contribution is -2.31. The van der Waals surface area contributed by atoms with Gasteiger partial charge in [0.2, 0.25) is 0 Å². The summed E-state index contributed by atoms with van der Waals surface area (Å²) in [6.45, 7) is 0. The summed E-state index contributed by atoms with van der Waals surface area (Å²) < 4.78 is 8.80. The van der Waals surface area contributed by atoms with E-state index in [-0.39, 0.29) is 6.42 Å². The summed E-state index contributed by atoms with van der Waals surface area (Å²) in [4.78, 5) is 20.9. The standard InChI is InChI=1S/C8H16N2O5/c1-14-8(13)15-6(10)4-2-3-5(9)7(11)12/h5-6H,2-4,9-10H2,1H3,(H,11,12)/t5-,6?/m0/s1. The number of carbonyl (C=O) groups is 2. The van der Waals surface area contributed by atoms with Gasteiger partial charge >= 0.3 is 12.1 Å². The van der Waals surface area contributed by atoms with Crippen molar-refractivity contribution in [2.24, 2.45) is 11.5 Å². The third-order valence-electron chi connectivity index (χ3n) is 1.74. The topological polar surface area (TPSA) is 125 Å². The lowest BCUT2D eigenvalue weighted by Gasteiger charge is -2.12. The van der Waals surface area contributed by atoms with Gasteiger partial charge in [-0.1, -0.05) is 0 Å². The molecule has 2 atom stereocenters. The molecule has 0 saturated heterocycles. The van der Waals surface area contributed by atoms with Gasteiger partial charge < -0.3 is 20.3 Å². The Kier molecular flexibility index (Phi) is 6.39. The van der Waals surface area contributed by atoms with Gasteiger partial charge in [0.05, 0.1) is 7.11 Å². The van der Waals surface area contributed by atoms with Gasteiger partial charge in [-0.25, -0.2) is 4.79 Å². The molecule has 5 N–H and O–H groups in total. The van der Waals surface area contributed by atoms with Crippen LogP contribution >= 0.6 is 0 Å². The highest BCUT2D eigenvalue weighted by atomic mass is 16.7. The van der Waals surface area contributed by atoms with E-state index in [0.29, 0.717) is 12.8 Å². The van der Waals surface area contributed by atoms with Crippen LogP contribution in [0.15, 0.2) is 0 Å². The van der Waals surface area contributed by atoms with Crippen LogP contribution in [-0.4, -0.2) is 36.6 Å². The molecule has 0 bridgehead atoms. The summed E-state index contributed by atoms with van der Waals surface area (Å²) >= 11 is 0. The predicted octanol–water partition coefficient (Wildman–Crippen LogP) is -0.364. The summed E-state index contributed by atoms with van der Waals surface area (Å²) in [6.07, 6.45) is -0.557. The fraction of sp³-hybridized carbons (Fsp3) is 0.750. The minimum Gasteiger partial charge on any atom is -0.480 e. The number of carboxylic acids is 1. The summed E-state index contributed by atoms with van der Waals surface area (Å²) in [5.74, 6) is -1.06. The predicted molar refractivity (Wildman–Crippen MR) is 50.9 cm³/mol. The van der Waals surface area contributed by atoms with Crippen LogP contribution in [0, 0.1) is 0 Å². The molecule has 0 aromatic heterocycles. The summed E-state index contributed by atoms with van der Waals surface area (Å²) in [5, 5.41) is 8.47. The van der Waals surface area contributed by atoms with Crippen LogP contribution in [0.5, 0.6) is 0 Å². The van der Waals surface area contributed by atoms with Crippen LogP contribution in [0.3, 0.4) is 0 Å². The van der Waals surface area contributed by atoms with Crippen LogP contribution in [0.2, 0.25) is 0 Å². The molecule has 0 rings (SSSR count). The molecule has 0 aliphatic rings. The van der Waals surface area contributed by atoms with E-state index in [1.807, 2.05) is 0 Å². The Morgan fingerprint density at radius 1 is 1.33 bits per heavy atom. The molecule has 0 heterocycles. The number of hydrogen-bond acceptors (Lipinski definition) is 6. The zero-order chi connectivity index (χ0) is 11.8. The van der Waals surface area contributed by atoms with Crippen molar-refractivity contribution in [2.75, 3.05) is 7.11 Å². The highest BCUT2D eigenvalue weighted by Gasteiger charge is 2.13. The zero-order valence-electron chi connectivity index (χ0n) is 8.51. The molecule has 15 heavy (non-hydrogen) atoms. The van der Waals surface area contributed by atoms with Gasteiger partial charge in [0.1, 0.15) is 6.04 Å². The van der Waals surface area contributed by atoms with Crippen LogP contribution in [0.25, 0.3) is 0 Å². The Bertz CT molecular complexity index is 221. The van der Waals surface area contributed by atoms with Crippen molar-refractivity contribution in [3.05, 3.63) is 0 Å². The monoisotopic (exact) mass is 220 g/mol. The molecule has 7 nitrogen and oxygen atoms in total. The van der Waals surface area contributed by atoms with Gasteiger partial charge in [0, 0.05) is 0 Å². The molecule has 0 saturated carbocycles. The van der Waals surface area contributed by atoms with Crippen molar-refractivity contribution >= 4 is 12.1 Å². The molecule has 7 heteroatoms. The van der Waals surface area contributed by atoms with Crippen molar-refractivity contribution in [2.45, 2.75) is 31.5 Å². The quantitative estimate of drug-likeness (QED) is 0.412. The molecule has 0 spiro atoms. The van der Waals surface area contributed by atoms with Gasteiger partial charge in [0.25, 0.3) is 0 Å². The second-order valence-corrected chi connectivity index (χ2v) is 2.99. The van der Waals surface area contributed by atoms with E-state index in [2.05, 4.69) is 9.47 Å². The molecular formula is C8H16N2O5. The SMILES string of the molecule is COC(=O)OC(N)CCC[C@H](N)C(=O)O. The number of hydrogen-bond donors (Lipinski definition) is 3. The highest BCUT2D eigenvalue weighted by Crippen LogP contribution is 2.03. The average molecular weight is 220 g/mol. The molecule has 1 unspecified atom stereocenters. The van der Waals surface area contributed by atoms with E-state index in [4.69, 9.17) is 16.6 Å². The Balaban J connectivity index is 3.59. The summed E-state index contributed by atoms with van der Waals surface area (Å²) in [7, 11) is 1.18. The van der Waals surface area contributed by atoms with Crippen molar-refractivity contribution in [1.29, 1.82) is 0 Å². The van der Waals surface area contributed by atoms with Crippen molar-refractivity contribution in [3.63, 3.8) is 0 Å². The number of aliphatic carboxylic acids is 1. The Hall–Kier alpha value is -1.34. The van der Waals surface area contributed by atoms with Crippen LogP contribution < -0.4 is 11.5 Å². The van der Waals surface area contributed by atoms with E-state index < -0.39 is 24.4 Å². The van der Waals surface area contributed by atoms with E-state index in [0.717, 1.165) is 0 Å². The minimum absolute atomic E-state index is 0.285. The lowest BCUT2D eigenvalue weighted by molar-refractivity contribution is -0.138. The van der Waals surface area contributed by atoms with E-state index in [1.165, 1.54) is 7.11 Å². The van der Waals surface area contributed by atoms with Gasteiger partial charge in [-0.3, -0.25) is 10.5 Å². The van der Waals surface area contributed by atoms with Crippen molar-refractivity contribution in [1.82, 2.24) is 0 Å². The lowest BCUT2D eigenvalue weighted by atomic mass is 10.1. The van der Waals surface area contributed by atoms with Gasteiger partial charge in [-0.15, -0.1) is 0 Å². The van der Waals surface area contributed by atoms with Gasteiger partial charge in [-0.2, -0.15) is 0 Å². The molecule has 0 aromatic carbocycles. The molecule has 0 aromatic rings. The van der Waals surface area contributed by atoms with E-state index in [9.17, 15) is 9.59 Å². The number of ether oxygens (including phenoxy) is 2. The number of nitrogens with two attached hydrogens (primary N) is 2. The maximum atomic E-state index is 10.6. The Morgan fingerprint density at radius 3 is 2.40 bits per heavy atom. The minimum atomic E-state index is -1.06. The summed E-state index contributed by atoms with van der Waals surface area (Å²) in [6, 6.07) is -0.907.